The molecule has 0 aliphatic carbocycles. The van der Waals surface area contributed by atoms with Crippen molar-refractivity contribution in [1.82, 2.24) is 0 Å². The van der Waals surface area contributed by atoms with Gasteiger partial charge in [-0.15, -0.1) is 0 Å². The molecule has 22 heavy (non-hydrogen) atoms. The molecule has 1 aromatic carbocycles. The quantitative estimate of drug-likeness (QED) is 0.717. The van der Waals surface area contributed by atoms with Crippen molar-refractivity contribution in [2.75, 3.05) is 14.2 Å². The van der Waals surface area contributed by atoms with Crippen LogP contribution < -0.4 is 9.47 Å². The fourth-order valence-electron chi connectivity index (χ4n) is 2.96. The zero-order chi connectivity index (χ0) is 16.9. The summed E-state index contributed by atoms with van der Waals surface area (Å²) in [6, 6.07) is 5.05. The molecule has 0 amide bonds. The third kappa shape index (κ3) is 2.73. The van der Waals surface area contributed by atoms with Gasteiger partial charge in [0.1, 0.15) is 11.5 Å². The molecule has 0 aromatic heterocycles. The van der Waals surface area contributed by atoms with E-state index in [2.05, 4.69) is 0 Å². The number of ether oxygens (including phenoxy) is 2. The predicted molar refractivity (Wildman–Crippen MR) is 80.6 cm³/mol. The zero-order valence-corrected chi connectivity index (χ0v) is 13.3. The van der Waals surface area contributed by atoms with E-state index in [1.54, 1.807) is 32.0 Å². The van der Waals surface area contributed by atoms with E-state index in [1.807, 2.05) is 0 Å². The molecule has 6 heteroatoms. The van der Waals surface area contributed by atoms with Crippen LogP contribution in [0.15, 0.2) is 18.2 Å². The number of hydrogen-bond acceptors (Lipinski definition) is 4. The second-order valence-corrected chi connectivity index (χ2v) is 4.97. The Labute approximate surface area is 129 Å². The highest BCUT2D eigenvalue weighted by molar-refractivity contribution is 5.99. The first-order valence-electron chi connectivity index (χ1n) is 7.08. The van der Waals surface area contributed by atoms with Crippen LogP contribution in [0.1, 0.15) is 38.2 Å². The normalized spacial score (nSPS) is 12.5. The number of carboxylic acid groups (broad SMARTS) is 2. The van der Waals surface area contributed by atoms with Crippen LogP contribution in [0.25, 0.3) is 0 Å². The average molecular weight is 310 g/mol. The Morgan fingerprint density at radius 2 is 1.55 bits per heavy atom. The molecule has 0 aliphatic rings. The first-order chi connectivity index (χ1) is 10.4. The van der Waals surface area contributed by atoms with E-state index < -0.39 is 23.3 Å². The Morgan fingerprint density at radius 1 is 1.09 bits per heavy atom. The number of hydrogen-bond donors (Lipinski definition) is 2. The Kier molecular flexibility index (Phi) is 5.79. The van der Waals surface area contributed by atoms with Crippen LogP contribution >= 0.6 is 0 Å². The van der Waals surface area contributed by atoms with Gasteiger partial charge in [-0.1, -0.05) is 19.9 Å². The van der Waals surface area contributed by atoms with Crippen LogP contribution in [0.3, 0.4) is 0 Å². The highest BCUT2D eigenvalue weighted by atomic mass is 16.5. The van der Waals surface area contributed by atoms with Gasteiger partial charge < -0.3 is 19.7 Å². The lowest BCUT2D eigenvalue weighted by Crippen LogP contribution is -2.44. The molecule has 0 aliphatic heterocycles. The van der Waals surface area contributed by atoms with Gasteiger partial charge in [0, 0.05) is 11.5 Å². The fourth-order valence-corrected chi connectivity index (χ4v) is 2.96. The first kappa shape index (κ1) is 17.8. The lowest BCUT2D eigenvalue weighted by atomic mass is 9.68. The van der Waals surface area contributed by atoms with Crippen molar-refractivity contribution in [2.45, 2.75) is 32.6 Å². The zero-order valence-electron chi connectivity index (χ0n) is 13.3. The second kappa shape index (κ2) is 7.15. The minimum atomic E-state index is -1.93. The number of carbonyl (C=O) groups is 2. The van der Waals surface area contributed by atoms with Crippen LogP contribution in [0.2, 0.25) is 0 Å². The summed E-state index contributed by atoms with van der Waals surface area (Å²) in [5.74, 6) is -2.65. The largest absolute Gasteiger partial charge is 0.496 e. The fraction of sp³-hybridized carbons (Fsp3) is 0.500. The van der Waals surface area contributed by atoms with Crippen molar-refractivity contribution in [2.24, 2.45) is 5.41 Å². The summed E-state index contributed by atoms with van der Waals surface area (Å²) in [5.41, 5.74) is -1.46. The Hall–Kier alpha value is -2.24. The maximum atomic E-state index is 11.8. The summed E-state index contributed by atoms with van der Waals surface area (Å²) in [5, 5.41) is 19.2. The van der Waals surface area contributed by atoms with Crippen LogP contribution in [0, 0.1) is 5.41 Å². The number of methoxy groups -OCH3 is 2. The van der Waals surface area contributed by atoms with E-state index in [4.69, 9.17) is 9.47 Å². The van der Waals surface area contributed by atoms with Gasteiger partial charge in [0.25, 0.3) is 0 Å². The minimum absolute atomic E-state index is 0.0443. The van der Waals surface area contributed by atoms with Gasteiger partial charge in [-0.05, 0) is 25.0 Å². The van der Waals surface area contributed by atoms with E-state index >= 15 is 0 Å². The van der Waals surface area contributed by atoms with Crippen molar-refractivity contribution in [3.05, 3.63) is 23.8 Å². The van der Waals surface area contributed by atoms with Crippen LogP contribution in [-0.2, 0) is 9.59 Å². The van der Waals surface area contributed by atoms with Crippen LogP contribution in [-0.4, -0.2) is 36.4 Å². The minimum Gasteiger partial charge on any atom is -0.496 e. The van der Waals surface area contributed by atoms with Gasteiger partial charge in [-0.3, -0.25) is 9.59 Å². The predicted octanol–water partition coefficient (Wildman–Crippen LogP) is 2.76. The highest BCUT2D eigenvalue weighted by Crippen LogP contribution is 2.48. The van der Waals surface area contributed by atoms with E-state index in [0.29, 0.717) is 23.5 Å². The number of carboxylic acids is 2. The van der Waals surface area contributed by atoms with E-state index in [9.17, 15) is 19.8 Å². The number of rotatable bonds is 8. The molecule has 1 unspecified atom stereocenters. The van der Waals surface area contributed by atoms with E-state index in [-0.39, 0.29) is 6.42 Å². The molecular weight excluding hydrogens is 288 g/mol. The smallest absolute Gasteiger partial charge is 0.321 e. The van der Waals surface area contributed by atoms with Crippen molar-refractivity contribution in [3.8, 4) is 11.5 Å². The van der Waals surface area contributed by atoms with Crippen molar-refractivity contribution < 1.29 is 29.3 Å². The molecule has 6 nitrogen and oxygen atoms in total. The van der Waals surface area contributed by atoms with Gasteiger partial charge in [0.05, 0.1) is 14.2 Å². The summed E-state index contributed by atoms with van der Waals surface area (Å²) in [7, 11) is 2.92. The standard InChI is InChI=1S/C16H22O6/c1-5-10(16(6-2,14(17)18)15(19)20)13-11(21-3)8-7-9-12(13)22-4/h7-10H,5-6H2,1-4H3,(H,17,18)(H,19,20). The molecule has 1 aromatic rings. The van der Waals surface area contributed by atoms with Gasteiger partial charge in [-0.2, -0.15) is 0 Å². The molecule has 0 saturated heterocycles. The molecule has 0 heterocycles. The van der Waals surface area contributed by atoms with E-state index in [0.717, 1.165) is 0 Å². The monoisotopic (exact) mass is 310 g/mol. The maximum Gasteiger partial charge on any atom is 0.321 e. The van der Waals surface area contributed by atoms with Crippen LogP contribution in [0.4, 0.5) is 0 Å². The molecule has 0 saturated carbocycles. The maximum absolute atomic E-state index is 11.8. The molecule has 2 N–H and O–H groups in total. The second-order valence-electron chi connectivity index (χ2n) is 4.97. The van der Waals surface area contributed by atoms with Gasteiger partial charge >= 0.3 is 11.9 Å². The highest BCUT2D eigenvalue weighted by Gasteiger charge is 2.53. The van der Waals surface area contributed by atoms with Crippen LogP contribution in [0.5, 0.6) is 11.5 Å². The summed E-state index contributed by atoms with van der Waals surface area (Å²) < 4.78 is 10.6. The molecule has 122 valence electrons. The Bertz CT molecular complexity index is 515. The molecule has 1 atom stereocenters. The molecule has 0 bridgehead atoms. The van der Waals surface area contributed by atoms with Gasteiger partial charge in [-0.25, -0.2) is 0 Å². The van der Waals surface area contributed by atoms with Crippen molar-refractivity contribution in [3.63, 3.8) is 0 Å². The Morgan fingerprint density at radius 3 is 1.82 bits per heavy atom. The van der Waals surface area contributed by atoms with E-state index in [1.165, 1.54) is 14.2 Å². The molecule has 1 rings (SSSR count). The summed E-state index contributed by atoms with van der Waals surface area (Å²) in [4.78, 5) is 23.6. The lowest BCUT2D eigenvalue weighted by Gasteiger charge is -2.33. The van der Waals surface area contributed by atoms with Crippen molar-refractivity contribution >= 4 is 11.9 Å². The summed E-state index contributed by atoms with van der Waals surface area (Å²) in [6.07, 6.45) is 0.278. The molecule has 0 spiro atoms. The Balaban J connectivity index is 3.67. The molecule has 0 radical (unpaired) electrons. The molecule has 0 fully saturated rings. The topological polar surface area (TPSA) is 93.1 Å². The summed E-state index contributed by atoms with van der Waals surface area (Å²) >= 11 is 0. The third-order valence-corrected chi connectivity index (χ3v) is 4.14. The number of benzene rings is 1. The first-order valence-corrected chi connectivity index (χ1v) is 7.08. The van der Waals surface area contributed by atoms with Gasteiger partial charge in [0.2, 0.25) is 0 Å². The number of aliphatic carboxylic acids is 2. The molecular formula is C16H22O6. The lowest BCUT2D eigenvalue weighted by molar-refractivity contribution is -0.167. The SMILES string of the molecule is CCC(c1c(OC)cccc1OC)C(CC)(C(=O)O)C(=O)O. The average Bonchev–Trinajstić information content (AvgIpc) is 2.51. The summed E-state index contributed by atoms with van der Waals surface area (Å²) in [6.45, 7) is 3.32. The van der Waals surface area contributed by atoms with Crippen molar-refractivity contribution in [1.29, 1.82) is 0 Å². The third-order valence-electron chi connectivity index (χ3n) is 4.14. The van der Waals surface area contributed by atoms with Gasteiger partial charge in [0.15, 0.2) is 5.41 Å².